The second-order valence-electron chi connectivity index (χ2n) is 22.2. The summed E-state index contributed by atoms with van der Waals surface area (Å²) < 4.78 is 80.7. The normalized spacial score (nSPS) is 27.1. The van der Waals surface area contributed by atoms with Crippen LogP contribution >= 0.6 is 0 Å². The summed E-state index contributed by atoms with van der Waals surface area (Å²) >= 11 is 0. The van der Waals surface area contributed by atoms with Crippen LogP contribution in [0.3, 0.4) is 0 Å². The molecule has 22 nitrogen and oxygen atoms in total. The third-order valence-electron chi connectivity index (χ3n) is 17.2. The maximum absolute atomic E-state index is 12.4. The monoisotopic (exact) mass is 1010 g/mol. The molecule has 2 saturated carbocycles. The number of carbonyl (C=O) groups is 2. The molecule has 8 fully saturated rings. The topological polar surface area (TPSA) is 249 Å². The number of fused-ring (bicyclic) bond motifs is 2. The molecule has 0 aromatic heterocycles. The summed E-state index contributed by atoms with van der Waals surface area (Å²) in [5.41, 5.74) is 18.4. The van der Waals surface area contributed by atoms with Gasteiger partial charge in [-0.15, -0.1) is 0 Å². The lowest BCUT2D eigenvalue weighted by Gasteiger charge is -2.53. The fourth-order valence-corrected chi connectivity index (χ4v) is 12.2. The van der Waals surface area contributed by atoms with E-state index in [1.807, 2.05) is 0 Å². The van der Waals surface area contributed by atoms with Crippen LogP contribution in [0.1, 0.15) is 128 Å². The third-order valence-corrected chi connectivity index (χ3v) is 17.2. The Labute approximate surface area is 419 Å². The van der Waals surface area contributed by atoms with Crippen molar-refractivity contribution in [2.24, 2.45) is 21.1 Å². The quantitative estimate of drug-likeness (QED) is 0.127. The molecule has 6 saturated heterocycles. The molecule has 0 N–H and O–H groups in total. The van der Waals surface area contributed by atoms with E-state index in [0.717, 1.165) is 72.6 Å². The molecular weight excluding hydrogens is 937 g/mol. The number of hydrogen-bond donors (Lipinski definition) is 0. The molecule has 394 valence electrons. The molecule has 2 amide bonds. The maximum atomic E-state index is 12.4. The molecule has 8 aliphatic heterocycles. The number of benzene rings is 1. The number of ether oxygens (including phenoxy) is 12. The maximum Gasteiger partial charge on any atom is 0.252 e. The van der Waals surface area contributed by atoms with E-state index in [0.29, 0.717) is 156 Å². The first-order valence-corrected chi connectivity index (χ1v) is 26.5. The summed E-state index contributed by atoms with van der Waals surface area (Å²) in [6.45, 7) is 9.45. The summed E-state index contributed by atoms with van der Waals surface area (Å²) in [5, 5.41) is 6.83. The van der Waals surface area contributed by atoms with Crippen LogP contribution in [0, 0.1) is 10.8 Å². The fourth-order valence-electron chi connectivity index (χ4n) is 12.2. The van der Waals surface area contributed by atoms with Crippen molar-refractivity contribution in [1.29, 1.82) is 0 Å². The average Bonchev–Trinajstić information content (AvgIpc) is 3.98. The van der Waals surface area contributed by atoms with E-state index < -0.39 is 45.6 Å². The van der Waals surface area contributed by atoms with E-state index in [1.165, 1.54) is 0 Å². The number of rotatable bonds is 10. The zero-order chi connectivity index (χ0) is 49.7. The Bertz CT molecular complexity index is 2080. The highest BCUT2D eigenvalue weighted by Crippen LogP contribution is 2.62. The minimum Gasteiger partial charge on any atom is -0.448 e. The Balaban J connectivity index is 0.699. The zero-order valence-corrected chi connectivity index (χ0v) is 41.9. The molecule has 22 heteroatoms. The Morgan fingerprint density at radius 2 is 0.708 bits per heavy atom. The largest absolute Gasteiger partial charge is 0.448 e. The van der Waals surface area contributed by atoms with Crippen LogP contribution in [-0.2, 0) is 60.3 Å². The Morgan fingerprint density at radius 3 is 0.972 bits per heavy atom. The van der Waals surface area contributed by atoms with E-state index in [9.17, 15) is 9.59 Å². The molecule has 2 aliphatic carbocycles. The van der Waals surface area contributed by atoms with Crippen molar-refractivity contribution < 1.29 is 66.4 Å². The molecule has 11 rings (SSSR count). The fraction of sp³-hybridized carbons (Fsp3) is 0.840. The van der Waals surface area contributed by atoms with Gasteiger partial charge in [-0.2, -0.15) is 0 Å². The highest BCUT2D eigenvalue weighted by Gasteiger charge is 2.60. The predicted octanol–water partition coefficient (Wildman–Crippen LogP) is 7.27. The van der Waals surface area contributed by atoms with E-state index in [-0.39, 0.29) is 24.9 Å². The van der Waals surface area contributed by atoms with Crippen LogP contribution in [-0.4, -0.2) is 148 Å². The first-order valence-electron chi connectivity index (χ1n) is 26.5. The van der Waals surface area contributed by atoms with Crippen molar-refractivity contribution >= 4 is 11.8 Å². The lowest BCUT2D eigenvalue weighted by Crippen LogP contribution is -2.62. The van der Waals surface area contributed by atoms with Gasteiger partial charge in [0.05, 0.1) is 63.7 Å². The standard InChI is InChI=1S/C50H70N8O14/c1-3-5-7-35-39-41(71-49(69-39)13-9-45(10-14-49)61-27-43(28-62-45)31-65-47(66-32-43)17-21-57(22-18-47)37(59)25-53-55-51)36(8-6-4-2)42-40(35)70-50(72-42)15-11-46(12-16-50)63-29-44(30-64-46)33-67-48(68-34-44)19-23-58(24-20-48)38(60)26-54-56-52/h3-34H2,1-2H3. The lowest BCUT2D eigenvalue weighted by molar-refractivity contribution is -0.381. The van der Waals surface area contributed by atoms with Gasteiger partial charge in [0.25, 0.3) is 11.6 Å². The number of carbonyl (C=O) groups excluding carboxylic acids is 2. The first-order chi connectivity index (χ1) is 34.9. The van der Waals surface area contributed by atoms with Crippen LogP contribution in [0.4, 0.5) is 0 Å². The van der Waals surface area contributed by atoms with Crippen molar-refractivity contribution in [3.05, 3.63) is 32.0 Å². The van der Waals surface area contributed by atoms with Crippen LogP contribution in [0.2, 0.25) is 0 Å². The minimum absolute atomic E-state index is 0.184. The summed E-state index contributed by atoms with van der Waals surface area (Å²) in [6, 6.07) is 0. The smallest absolute Gasteiger partial charge is 0.252 e. The minimum atomic E-state index is -0.864. The van der Waals surface area contributed by atoms with Gasteiger partial charge in [0, 0.05) is 124 Å². The molecule has 1 aromatic rings. The number of piperidine rings is 2. The molecular formula is C50H70N8O14. The van der Waals surface area contributed by atoms with Crippen molar-refractivity contribution in [3.8, 4) is 23.0 Å². The number of azide groups is 2. The van der Waals surface area contributed by atoms with Crippen LogP contribution in [0.5, 0.6) is 23.0 Å². The lowest BCUT2D eigenvalue weighted by atomic mass is 9.84. The molecule has 10 aliphatic rings. The number of unbranched alkanes of at least 4 members (excludes halogenated alkanes) is 2. The molecule has 0 atom stereocenters. The number of amides is 2. The van der Waals surface area contributed by atoms with Gasteiger partial charge in [-0.1, -0.05) is 36.9 Å². The molecule has 72 heavy (non-hydrogen) atoms. The van der Waals surface area contributed by atoms with Gasteiger partial charge in [0.2, 0.25) is 11.8 Å². The van der Waals surface area contributed by atoms with E-state index >= 15 is 0 Å². The number of nitrogens with zero attached hydrogens (tertiary/aromatic N) is 8. The molecule has 8 spiro atoms. The van der Waals surface area contributed by atoms with Gasteiger partial charge in [-0.3, -0.25) is 9.59 Å². The van der Waals surface area contributed by atoms with Crippen molar-refractivity contribution in [1.82, 2.24) is 9.80 Å². The number of hydrogen-bond acceptors (Lipinski definition) is 16. The van der Waals surface area contributed by atoms with Crippen LogP contribution in [0.15, 0.2) is 10.2 Å². The van der Waals surface area contributed by atoms with Crippen molar-refractivity contribution in [3.63, 3.8) is 0 Å². The van der Waals surface area contributed by atoms with Crippen LogP contribution < -0.4 is 18.9 Å². The average molecular weight is 1010 g/mol. The highest BCUT2D eigenvalue weighted by molar-refractivity contribution is 5.79. The van der Waals surface area contributed by atoms with E-state index in [4.69, 9.17) is 67.9 Å². The van der Waals surface area contributed by atoms with Gasteiger partial charge in [-0.25, -0.2) is 0 Å². The summed E-state index contributed by atoms with van der Waals surface area (Å²) in [4.78, 5) is 33.6. The third kappa shape index (κ3) is 9.32. The first kappa shape index (κ1) is 49.9. The van der Waals surface area contributed by atoms with Gasteiger partial charge in [-0.05, 0) is 36.7 Å². The molecule has 0 radical (unpaired) electrons. The molecule has 0 unspecified atom stereocenters. The van der Waals surface area contributed by atoms with Gasteiger partial charge in [0.15, 0.2) is 46.1 Å². The van der Waals surface area contributed by atoms with Gasteiger partial charge in [0.1, 0.15) is 13.1 Å². The van der Waals surface area contributed by atoms with Gasteiger partial charge < -0.3 is 66.6 Å². The van der Waals surface area contributed by atoms with E-state index in [1.54, 1.807) is 9.80 Å². The van der Waals surface area contributed by atoms with E-state index in [2.05, 4.69) is 33.9 Å². The second-order valence-corrected chi connectivity index (χ2v) is 22.2. The summed E-state index contributed by atoms with van der Waals surface area (Å²) in [7, 11) is 0. The van der Waals surface area contributed by atoms with Crippen molar-refractivity contribution in [2.45, 2.75) is 164 Å². The Morgan fingerprint density at radius 1 is 0.444 bits per heavy atom. The molecule has 0 bridgehead atoms. The zero-order valence-electron chi connectivity index (χ0n) is 41.9. The van der Waals surface area contributed by atoms with Crippen LogP contribution in [0.25, 0.3) is 20.9 Å². The summed E-state index contributed by atoms with van der Waals surface area (Å²) in [5.74, 6) is -1.99. The second kappa shape index (κ2) is 19.4. The Kier molecular flexibility index (Phi) is 13.4. The SMILES string of the molecule is CCCCc1c2c(c(CCCC)c3c1OC1(CCC4(CC1)OCC1(COC5(CCN(C(=O)CN=[N+]=[N-])CC5)OC1)CO4)O3)OC1(CCC3(CC1)OCC1(COC4(CCN(C(=O)CN=[N+]=[N-])CC4)OC1)CO3)O2. The molecule has 8 heterocycles. The predicted molar refractivity (Wildman–Crippen MR) is 252 cm³/mol. The summed E-state index contributed by atoms with van der Waals surface area (Å²) in [6.07, 6.45) is 12.4. The Hall–Kier alpha value is -4.34. The molecule has 1 aromatic carbocycles. The number of likely N-dealkylation sites (tertiary alicyclic amines) is 2. The van der Waals surface area contributed by atoms with Gasteiger partial charge >= 0.3 is 0 Å². The highest BCUT2D eigenvalue weighted by atomic mass is 16.8. The van der Waals surface area contributed by atoms with Crippen molar-refractivity contribution in [2.75, 3.05) is 92.1 Å².